The van der Waals surface area contributed by atoms with Crippen LogP contribution in [-0.2, 0) is 4.79 Å². The maximum Gasteiger partial charge on any atom is 0.236 e. The van der Waals surface area contributed by atoms with Gasteiger partial charge in [-0.15, -0.1) is 0 Å². The fourth-order valence-corrected chi connectivity index (χ4v) is 2.03. The molecule has 114 valence electrons. The predicted octanol–water partition coefficient (Wildman–Crippen LogP) is 1.92. The first-order valence-electron chi connectivity index (χ1n) is 7.61. The molecule has 0 aliphatic heterocycles. The molecule has 0 spiro atoms. The van der Waals surface area contributed by atoms with Crippen LogP contribution < -0.4 is 10.6 Å². The third-order valence-corrected chi connectivity index (χ3v) is 3.64. The molecule has 1 amide bonds. The lowest BCUT2D eigenvalue weighted by Gasteiger charge is -2.22. The first kappa shape index (κ1) is 18.4. The highest BCUT2D eigenvalue weighted by Crippen LogP contribution is 2.12. The van der Waals surface area contributed by atoms with Gasteiger partial charge in [-0.1, -0.05) is 40.5 Å². The number of hydrogen-bond acceptors (Lipinski definition) is 3. The van der Waals surface area contributed by atoms with E-state index >= 15 is 0 Å². The monoisotopic (exact) mass is 272 g/mol. The van der Waals surface area contributed by atoms with Crippen molar-refractivity contribution < 1.29 is 9.90 Å². The molecule has 0 saturated carbocycles. The summed E-state index contributed by atoms with van der Waals surface area (Å²) in [7, 11) is 0. The smallest absolute Gasteiger partial charge is 0.236 e. The van der Waals surface area contributed by atoms with E-state index < -0.39 is 0 Å². The normalized spacial score (nSPS) is 14.7. The van der Waals surface area contributed by atoms with E-state index in [1.165, 1.54) is 0 Å². The van der Waals surface area contributed by atoms with Crippen LogP contribution in [-0.4, -0.2) is 36.2 Å². The van der Waals surface area contributed by atoms with Gasteiger partial charge in [0.25, 0.3) is 0 Å². The average molecular weight is 272 g/mol. The van der Waals surface area contributed by atoms with Gasteiger partial charge < -0.3 is 15.7 Å². The fourth-order valence-electron chi connectivity index (χ4n) is 2.03. The van der Waals surface area contributed by atoms with Crippen LogP contribution in [0.15, 0.2) is 0 Å². The summed E-state index contributed by atoms with van der Waals surface area (Å²) in [6, 6.07) is -0.254. The van der Waals surface area contributed by atoms with Crippen molar-refractivity contribution in [1.82, 2.24) is 10.6 Å². The molecule has 0 radical (unpaired) electrons. The van der Waals surface area contributed by atoms with Crippen molar-refractivity contribution >= 4 is 5.91 Å². The van der Waals surface area contributed by atoms with Crippen molar-refractivity contribution in [2.45, 2.75) is 66.0 Å². The van der Waals surface area contributed by atoms with Gasteiger partial charge in [0.1, 0.15) is 0 Å². The lowest BCUT2D eigenvalue weighted by molar-refractivity contribution is -0.122. The summed E-state index contributed by atoms with van der Waals surface area (Å²) in [6.45, 7) is 11.5. The minimum absolute atomic E-state index is 0.0115. The summed E-state index contributed by atoms with van der Waals surface area (Å²) >= 11 is 0. The third kappa shape index (κ3) is 8.22. The first-order valence-corrected chi connectivity index (χ1v) is 7.61. The highest BCUT2D eigenvalue weighted by atomic mass is 16.3. The third-order valence-electron chi connectivity index (χ3n) is 3.64. The molecule has 0 aromatic heterocycles. The van der Waals surface area contributed by atoms with Gasteiger partial charge >= 0.3 is 0 Å². The van der Waals surface area contributed by atoms with Gasteiger partial charge in [0.2, 0.25) is 5.91 Å². The van der Waals surface area contributed by atoms with Crippen LogP contribution in [0.2, 0.25) is 0 Å². The number of carbonyl (C=O) groups is 1. The van der Waals surface area contributed by atoms with Gasteiger partial charge in [0, 0.05) is 13.1 Å². The summed E-state index contributed by atoms with van der Waals surface area (Å²) in [5.74, 6) is 0.918. The Morgan fingerprint density at radius 3 is 2.21 bits per heavy atom. The van der Waals surface area contributed by atoms with Crippen LogP contribution in [0.5, 0.6) is 0 Å². The molecule has 4 heteroatoms. The zero-order valence-corrected chi connectivity index (χ0v) is 13.2. The van der Waals surface area contributed by atoms with E-state index in [0.717, 1.165) is 25.8 Å². The average Bonchev–Trinajstić information content (AvgIpc) is 2.36. The molecule has 0 rings (SSSR count). The minimum Gasteiger partial charge on any atom is -0.392 e. The molecule has 19 heavy (non-hydrogen) atoms. The first-order chi connectivity index (χ1) is 8.92. The van der Waals surface area contributed by atoms with Crippen molar-refractivity contribution in [3.8, 4) is 0 Å². The van der Waals surface area contributed by atoms with E-state index in [1.807, 2.05) is 6.92 Å². The molecule has 0 bridgehead atoms. The zero-order chi connectivity index (χ0) is 14.8. The Hall–Kier alpha value is -0.610. The van der Waals surface area contributed by atoms with Crippen molar-refractivity contribution in [1.29, 1.82) is 0 Å². The van der Waals surface area contributed by atoms with Crippen molar-refractivity contribution in [2.75, 3.05) is 13.1 Å². The van der Waals surface area contributed by atoms with Gasteiger partial charge in [0.15, 0.2) is 0 Å². The second-order valence-corrected chi connectivity index (χ2v) is 5.75. The fraction of sp³-hybridized carbons (Fsp3) is 0.933. The van der Waals surface area contributed by atoms with Gasteiger partial charge in [-0.2, -0.15) is 0 Å². The predicted molar refractivity (Wildman–Crippen MR) is 80.0 cm³/mol. The molecular weight excluding hydrogens is 240 g/mol. The van der Waals surface area contributed by atoms with Gasteiger partial charge in [0.05, 0.1) is 12.1 Å². The van der Waals surface area contributed by atoms with Crippen molar-refractivity contribution in [2.24, 2.45) is 11.8 Å². The van der Waals surface area contributed by atoms with Crippen LogP contribution in [0.1, 0.15) is 53.9 Å². The number of nitrogens with one attached hydrogen (secondary N) is 2. The molecule has 0 aromatic rings. The van der Waals surface area contributed by atoms with Crippen LogP contribution >= 0.6 is 0 Å². The second kappa shape index (κ2) is 10.2. The summed E-state index contributed by atoms with van der Waals surface area (Å²) in [4.78, 5) is 11.8. The molecular formula is C15H32N2O2. The Morgan fingerprint density at radius 1 is 1.16 bits per heavy atom. The summed E-state index contributed by atoms with van der Waals surface area (Å²) in [6.07, 6.45) is 2.55. The van der Waals surface area contributed by atoms with Gasteiger partial charge in [-0.25, -0.2) is 0 Å². The largest absolute Gasteiger partial charge is 0.392 e. The van der Waals surface area contributed by atoms with Gasteiger partial charge in [-0.05, 0) is 25.2 Å². The molecule has 0 saturated heterocycles. The Morgan fingerprint density at radius 2 is 1.74 bits per heavy atom. The highest BCUT2D eigenvalue weighted by molar-refractivity contribution is 5.81. The summed E-state index contributed by atoms with van der Waals surface area (Å²) in [5, 5.41) is 16.0. The topological polar surface area (TPSA) is 61.4 Å². The van der Waals surface area contributed by atoms with Crippen LogP contribution in [0.25, 0.3) is 0 Å². The molecule has 0 aliphatic rings. The quantitative estimate of drug-likeness (QED) is 0.569. The number of hydrogen-bond donors (Lipinski definition) is 3. The molecule has 0 aromatic carbocycles. The molecule has 0 aliphatic carbocycles. The molecule has 3 N–H and O–H groups in total. The molecule has 4 nitrogen and oxygen atoms in total. The van der Waals surface area contributed by atoms with Crippen molar-refractivity contribution in [3.05, 3.63) is 0 Å². The Labute approximate surface area is 118 Å². The number of rotatable bonds is 10. The molecule has 2 atom stereocenters. The Kier molecular flexibility index (Phi) is 9.88. The van der Waals surface area contributed by atoms with E-state index in [2.05, 4.69) is 38.3 Å². The van der Waals surface area contributed by atoms with Crippen LogP contribution in [0, 0.1) is 11.8 Å². The summed E-state index contributed by atoms with van der Waals surface area (Å²) in [5.41, 5.74) is 0. The van der Waals surface area contributed by atoms with E-state index in [9.17, 15) is 9.90 Å². The molecule has 2 unspecified atom stereocenters. The molecule has 0 heterocycles. The number of carbonyl (C=O) groups excluding carboxylic acids is 1. The number of aliphatic hydroxyl groups is 1. The van der Waals surface area contributed by atoms with E-state index in [0.29, 0.717) is 18.4 Å². The highest BCUT2D eigenvalue weighted by Gasteiger charge is 2.18. The van der Waals surface area contributed by atoms with Crippen LogP contribution in [0.4, 0.5) is 0 Å². The zero-order valence-electron chi connectivity index (χ0n) is 13.2. The second-order valence-electron chi connectivity index (χ2n) is 5.75. The lowest BCUT2D eigenvalue weighted by Crippen LogP contribution is -2.46. The summed E-state index contributed by atoms with van der Waals surface area (Å²) < 4.78 is 0. The van der Waals surface area contributed by atoms with E-state index in [-0.39, 0.29) is 18.1 Å². The number of amides is 1. The Balaban J connectivity index is 3.89. The van der Waals surface area contributed by atoms with E-state index in [4.69, 9.17) is 0 Å². The van der Waals surface area contributed by atoms with Crippen molar-refractivity contribution in [3.63, 3.8) is 0 Å². The number of aliphatic hydroxyl groups excluding tert-OH is 1. The lowest BCUT2D eigenvalue weighted by atomic mass is 9.96. The van der Waals surface area contributed by atoms with Crippen LogP contribution in [0.3, 0.4) is 0 Å². The Bertz CT molecular complexity index is 240. The maximum atomic E-state index is 11.8. The van der Waals surface area contributed by atoms with Gasteiger partial charge in [-0.3, -0.25) is 4.79 Å². The minimum atomic E-state index is -0.374. The van der Waals surface area contributed by atoms with E-state index in [1.54, 1.807) is 0 Å². The standard InChI is InChI=1S/C15H32N2O2/c1-6-13(7-2)14(18)10-17-12(5)15(19)16-9-8-11(3)4/h11-14,17-18H,6-10H2,1-5H3,(H,16,19). The molecule has 0 fully saturated rings. The maximum absolute atomic E-state index is 11.8. The SMILES string of the molecule is CCC(CC)C(O)CNC(C)C(=O)NCCC(C)C.